The number of rotatable bonds is 8. The molecule has 3 rings (SSSR count). The van der Waals surface area contributed by atoms with Crippen molar-refractivity contribution in [2.75, 3.05) is 25.4 Å². The van der Waals surface area contributed by atoms with Gasteiger partial charge in [-0.15, -0.1) is 0 Å². The second-order valence-electron chi connectivity index (χ2n) is 7.01. The van der Waals surface area contributed by atoms with Crippen LogP contribution in [0.4, 0.5) is 0 Å². The van der Waals surface area contributed by atoms with E-state index < -0.39 is 10.0 Å². The molecule has 0 aliphatic carbocycles. The van der Waals surface area contributed by atoms with Crippen LogP contribution in [0.25, 0.3) is 0 Å². The summed E-state index contributed by atoms with van der Waals surface area (Å²) in [5, 5.41) is 3.77. The number of amides is 1. The van der Waals surface area contributed by atoms with E-state index in [9.17, 15) is 13.2 Å². The van der Waals surface area contributed by atoms with Gasteiger partial charge in [0.25, 0.3) is 5.91 Å². The zero-order valence-corrected chi connectivity index (χ0v) is 19.6. The van der Waals surface area contributed by atoms with Gasteiger partial charge in [0.15, 0.2) is 0 Å². The Bertz CT molecular complexity index is 993. The number of halogens is 2. The van der Waals surface area contributed by atoms with Crippen molar-refractivity contribution in [3.8, 4) is 0 Å². The molecule has 1 N–H and O–H groups in total. The molecule has 0 spiro atoms. The van der Waals surface area contributed by atoms with E-state index >= 15 is 0 Å². The summed E-state index contributed by atoms with van der Waals surface area (Å²) in [6, 6.07) is 12.0. The molecule has 0 unspecified atom stereocenters. The average Bonchev–Trinajstić information content (AvgIpc) is 2.75. The first-order valence-electron chi connectivity index (χ1n) is 9.78. The molecule has 2 aromatic carbocycles. The fourth-order valence-corrected chi connectivity index (χ4v) is 6.11. The number of carbonyl (C=O) groups excluding carboxylic acids is 1. The van der Waals surface area contributed by atoms with Crippen LogP contribution in [0.15, 0.2) is 47.4 Å². The molecule has 2 aromatic rings. The van der Waals surface area contributed by atoms with Crippen LogP contribution in [0.3, 0.4) is 0 Å². The minimum absolute atomic E-state index is 0.104. The van der Waals surface area contributed by atoms with E-state index in [4.69, 9.17) is 23.2 Å². The van der Waals surface area contributed by atoms with Crippen molar-refractivity contribution in [2.45, 2.75) is 29.9 Å². The highest BCUT2D eigenvalue weighted by atomic mass is 35.5. The maximum atomic E-state index is 12.9. The van der Waals surface area contributed by atoms with Crippen LogP contribution in [0, 0.1) is 0 Å². The van der Waals surface area contributed by atoms with Gasteiger partial charge in [0.05, 0.1) is 15.5 Å². The molecule has 0 saturated carbocycles. The molecule has 1 heterocycles. The van der Waals surface area contributed by atoms with Gasteiger partial charge in [-0.2, -0.15) is 16.1 Å². The smallest absolute Gasteiger partial charge is 0.252 e. The van der Waals surface area contributed by atoms with Crippen molar-refractivity contribution in [3.05, 3.63) is 63.6 Å². The van der Waals surface area contributed by atoms with Crippen LogP contribution < -0.4 is 5.32 Å². The second-order valence-corrected chi connectivity index (χ2v) is 10.9. The molecule has 0 atom stereocenters. The maximum Gasteiger partial charge on any atom is 0.252 e. The molecule has 5 nitrogen and oxygen atoms in total. The minimum Gasteiger partial charge on any atom is -0.351 e. The predicted octanol–water partition coefficient (Wildman–Crippen LogP) is 4.83. The molecular weight excluding hydrogens is 463 g/mol. The van der Waals surface area contributed by atoms with Gasteiger partial charge in [-0.05, 0) is 42.7 Å². The van der Waals surface area contributed by atoms with Crippen molar-refractivity contribution < 1.29 is 13.2 Å². The molecule has 30 heavy (non-hydrogen) atoms. The Morgan fingerprint density at radius 1 is 1.03 bits per heavy atom. The van der Waals surface area contributed by atoms with Crippen LogP contribution in [0.2, 0.25) is 10.0 Å². The summed E-state index contributed by atoms with van der Waals surface area (Å²) in [5.41, 5.74) is 1.22. The number of sulfonamides is 1. The molecule has 1 saturated heterocycles. The highest BCUT2D eigenvalue weighted by Gasteiger charge is 2.27. The van der Waals surface area contributed by atoms with Crippen molar-refractivity contribution in [3.63, 3.8) is 0 Å². The summed E-state index contributed by atoms with van der Waals surface area (Å²) in [5.74, 6) is 1.06. The Hall–Kier alpha value is -1.25. The third kappa shape index (κ3) is 5.92. The largest absolute Gasteiger partial charge is 0.351 e. The van der Waals surface area contributed by atoms with Crippen LogP contribution in [-0.4, -0.2) is 44.0 Å². The van der Waals surface area contributed by atoms with Crippen LogP contribution in [0.1, 0.15) is 35.2 Å². The van der Waals surface area contributed by atoms with E-state index in [1.165, 1.54) is 22.5 Å². The van der Waals surface area contributed by atoms with E-state index in [2.05, 4.69) is 5.32 Å². The normalized spacial score (nSPS) is 15.1. The van der Waals surface area contributed by atoms with Gasteiger partial charge < -0.3 is 5.32 Å². The number of nitrogens with zero attached hydrogens (tertiary/aromatic N) is 1. The Morgan fingerprint density at radius 2 is 1.77 bits per heavy atom. The average molecular weight is 487 g/mol. The standard InChI is InChI=1S/C21H24Cl2N2O3S2/c22-19-7-3-2-6-16(19)15-29-13-10-24-21(26)18-14-17(8-9-20(18)23)30(27,28)25-11-4-1-5-12-25/h2-3,6-9,14H,1,4-5,10-13,15H2,(H,24,26). The second kappa shape index (κ2) is 10.9. The lowest BCUT2D eigenvalue weighted by atomic mass is 10.2. The van der Waals surface area contributed by atoms with Crippen molar-refractivity contribution >= 4 is 50.9 Å². The zero-order valence-electron chi connectivity index (χ0n) is 16.4. The van der Waals surface area contributed by atoms with Gasteiger partial charge in [0.2, 0.25) is 10.0 Å². The van der Waals surface area contributed by atoms with E-state index in [0.29, 0.717) is 25.4 Å². The van der Waals surface area contributed by atoms with Gasteiger partial charge in [0.1, 0.15) is 0 Å². The van der Waals surface area contributed by atoms with E-state index in [1.54, 1.807) is 11.8 Å². The van der Waals surface area contributed by atoms with Gasteiger partial charge in [0, 0.05) is 36.2 Å². The summed E-state index contributed by atoms with van der Waals surface area (Å²) in [7, 11) is -3.62. The third-order valence-electron chi connectivity index (χ3n) is 4.88. The molecule has 1 aliphatic rings. The number of benzene rings is 2. The molecule has 9 heteroatoms. The van der Waals surface area contributed by atoms with E-state index in [0.717, 1.165) is 35.6 Å². The van der Waals surface area contributed by atoms with Crippen molar-refractivity contribution in [2.24, 2.45) is 0 Å². The summed E-state index contributed by atoms with van der Waals surface area (Å²) in [6.07, 6.45) is 2.74. The first-order valence-corrected chi connectivity index (χ1v) is 13.1. The molecular formula is C21H24Cl2N2O3S2. The summed E-state index contributed by atoms with van der Waals surface area (Å²) in [4.78, 5) is 12.7. The zero-order chi connectivity index (χ0) is 21.6. The molecule has 162 valence electrons. The number of piperidine rings is 1. The topological polar surface area (TPSA) is 66.5 Å². The highest BCUT2D eigenvalue weighted by Crippen LogP contribution is 2.25. The first kappa shape index (κ1) is 23.4. The first-order chi connectivity index (χ1) is 14.4. The summed E-state index contributed by atoms with van der Waals surface area (Å²) >= 11 is 14.0. The number of carbonyl (C=O) groups is 1. The van der Waals surface area contributed by atoms with Gasteiger partial charge in [-0.25, -0.2) is 8.42 Å². The quantitative estimate of drug-likeness (QED) is 0.542. The lowest BCUT2D eigenvalue weighted by Crippen LogP contribution is -2.35. The number of thioether (sulfide) groups is 1. The fourth-order valence-electron chi connectivity index (χ4n) is 3.22. The van der Waals surface area contributed by atoms with Gasteiger partial charge in [-0.1, -0.05) is 47.8 Å². The summed E-state index contributed by atoms with van der Waals surface area (Å²) in [6.45, 7) is 1.46. The minimum atomic E-state index is -3.62. The molecule has 1 aliphatic heterocycles. The molecule has 0 aromatic heterocycles. The predicted molar refractivity (Wildman–Crippen MR) is 124 cm³/mol. The fraction of sp³-hybridized carbons (Fsp3) is 0.381. The monoisotopic (exact) mass is 486 g/mol. The van der Waals surface area contributed by atoms with Crippen LogP contribution in [0.5, 0.6) is 0 Å². The molecule has 0 bridgehead atoms. The van der Waals surface area contributed by atoms with Crippen LogP contribution >= 0.6 is 35.0 Å². The Balaban J connectivity index is 1.57. The Morgan fingerprint density at radius 3 is 2.50 bits per heavy atom. The highest BCUT2D eigenvalue weighted by molar-refractivity contribution is 7.98. The lowest BCUT2D eigenvalue weighted by Gasteiger charge is -2.26. The van der Waals surface area contributed by atoms with Crippen LogP contribution in [-0.2, 0) is 15.8 Å². The molecule has 0 radical (unpaired) electrons. The lowest BCUT2D eigenvalue weighted by molar-refractivity contribution is 0.0956. The van der Waals surface area contributed by atoms with Gasteiger partial charge in [-0.3, -0.25) is 4.79 Å². The van der Waals surface area contributed by atoms with Crippen molar-refractivity contribution in [1.82, 2.24) is 9.62 Å². The maximum absolute atomic E-state index is 12.9. The third-order valence-corrected chi connectivity index (χ3v) is 8.48. The van der Waals surface area contributed by atoms with Crippen molar-refractivity contribution in [1.29, 1.82) is 0 Å². The van der Waals surface area contributed by atoms with E-state index in [1.807, 2.05) is 24.3 Å². The molecule has 1 amide bonds. The number of hydrogen-bond donors (Lipinski definition) is 1. The van der Waals surface area contributed by atoms with Gasteiger partial charge >= 0.3 is 0 Å². The number of nitrogens with one attached hydrogen (secondary N) is 1. The Kier molecular flexibility index (Phi) is 8.48. The number of hydrogen-bond acceptors (Lipinski definition) is 4. The SMILES string of the molecule is O=C(NCCSCc1ccccc1Cl)c1cc(S(=O)(=O)N2CCCCC2)ccc1Cl. The summed E-state index contributed by atoms with van der Waals surface area (Å²) < 4.78 is 27.2. The van der Waals surface area contributed by atoms with E-state index in [-0.39, 0.29) is 21.4 Å². The molecule has 1 fully saturated rings. The Labute approximate surface area is 192 Å².